The number of aromatic nitrogens is 3. The van der Waals surface area contributed by atoms with E-state index in [-0.39, 0.29) is 18.5 Å². The van der Waals surface area contributed by atoms with Crippen LogP contribution in [0.2, 0.25) is 0 Å². The van der Waals surface area contributed by atoms with E-state index in [1.54, 1.807) is 44.3 Å². The molecular weight excluding hydrogens is 468 g/mol. The van der Waals surface area contributed by atoms with E-state index in [0.29, 0.717) is 17.8 Å². The SMILES string of the molecule is Cc1cc[n+]([O-])c(C)c1-c1ccc(NC(=O)C(NC(=O)c2ccnn2C)C2CCCC(F)(F)C2)cc1. The molecule has 2 N–H and O–H groups in total. The Hall–Kier alpha value is -3.82. The molecule has 4 rings (SSSR count). The van der Waals surface area contributed by atoms with Crippen molar-refractivity contribution in [3.63, 3.8) is 0 Å². The lowest BCUT2D eigenvalue weighted by Crippen LogP contribution is -2.51. The molecule has 36 heavy (non-hydrogen) atoms. The van der Waals surface area contributed by atoms with E-state index in [4.69, 9.17) is 0 Å². The van der Waals surface area contributed by atoms with Gasteiger partial charge in [0.25, 0.3) is 5.91 Å². The number of hydrogen-bond donors (Lipinski definition) is 2. The van der Waals surface area contributed by atoms with Gasteiger partial charge in [-0.2, -0.15) is 9.83 Å². The lowest BCUT2D eigenvalue weighted by atomic mass is 9.81. The van der Waals surface area contributed by atoms with Crippen molar-refractivity contribution >= 4 is 17.5 Å². The van der Waals surface area contributed by atoms with Crippen LogP contribution >= 0.6 is 0 Å². The van der Waals surface area contributed by atoms with Crippen molar-refractivity contribution in [2.75, 3.05) is 5.32 Å². The summed E-state index contributed by atoms with van der Waals surface area (Å²) in [6, 6.07) is 9.02. The number of halogens is 2. The Kier molecular flexibility index (Phi) is 7.05. The summed E-state index contributed by atoms with van der Waals surface area (Å²) in [5.41, 5.74) is 3.78. The van der Waals surface area contributed by atoms with Crippen LogP contribution in [0.1, 0.15) is 47.4 Å². The Morgan fingerprint density at radius 2 is 1.92 bits per heavy atom. The fourth-order valence-electron chi connectivity index (χ4n) is 4.85. The van der Waals surface area contributed by atoms with Crippen LogP contribution in [-0.2, 0) is 11.8 Å². The Balaban J connectivity index is 1.55. The highest BCUT2D eigenvalue weighted by atomic mass is 19.3. The summed E-state index contributed by atoms with van der Waals surface area (Å²) in [4.78, 5) is 26.1. The minimum Gasteiger partial charge on any atom is -0.618 e. The molecule has 0 radical (unpaired) electrons. The van der Waals surface area contributed by atoms with Gasteiger partial charge in [0.15, 0.2) is 11.9 Å². The highest BCUT2D eigenvalue weighted by molar-refractivity contribution is 6.00. The molecule has 1 aliphatic rings. The molecule has 8 nitrogen and oxygen atoms in total. The zero-order valence-corrected chi connectivity index (χ0v) is 20.4. The van der Waals surface area contributed by atoms with Crippen molar-refractivity contribution in [2.45, 2.75) is 51.5 Å². The van der Waals surface area contributed by atoms with Crippen molar-refractivity contribution in [3.05, 3.63) is 71.0 Å². The van der Waals surface area contributed by atoms with E-state index >= 15 is 0 Å². The van der Waals surface area contributed by atoms with Gasteiger partial charge in [-0.05, 0) is 55.0 Å². The Morgan fingerprint density at radius 1 is 1.19 bits per heavy atom. The van der Waals surface area contributed by atoms with E-state index in [2.05, 4.69) is 15.7 Å². The monoisotopic (exact) mass is 497 g/mol. The second kappa shape index (κ2) is 10.0. The zero-order valence-electron chi connectivity index (χ0n) is 20.4. The number of hydrogen-bond acceptors (Lipinski definition) is 4. The first-order chi connectivity index (χ1) is 17.1. The molecule has 0 aliphatic heterocycles. The van der Waals surface area contributed by atoms with Gasteiger partial charge in [0.05, 0.1) is 5.56 Å². The molecule has 0 spiro atoms. The molecule has 1 saturated carbocycles. The molecule has 1 fully saturated rings. The van der Waals surface area contributed by atoms with E-state index < -0.39 is 36.1 Å². The lowest BCUT2D eigenvalue weighted by molar-refractivity contribution is -0.611. The molecular formula is C26H29F2N5O3. The van der Waals surface area contributed by atoms with Crippen LogP contribution in [-0.4, -0.2) is 33.6 Å². The highest BCUT2D eigenvalue weighted by Crippen LogP contribution is 2.38. The van der Waals surface area contributed by atoms with Gasteiger partial charge in [-0.25, -0.2) is 8.78 Å². The molecule has 190 valence electrons. The Bertz CT molecular complexity index is 1270. The van der Waals surface area contributed by atoms with E-state index in [1.807, 2.05) is 6.92 Å². The molecule has 1 aromatic carbocycles. The molecule has 2 aromatic heterocycles. The molecule has 2 amide bonds. The Labute approximate surface area is 207 Å². The van der Waals surface area contributed by atoms with Crippen LogP contribution in [0.3, 0.4) is 0 Å². The van der Waals surface area contributed by atoms with Gasteiger partial charge in [0.2, 0.25) is 11.8 Å². The summed E-state index contributed by atoms with van der Waals surface area (Å²) in [5, 5.41) is 21.4. The largest absolute Gasteiger partial charge is 0.618 e. The number of carbonyl (C=O) groups excluding carboxylic acids is 2. The maximum atomic E-state index is 14.2. The van der Waals surface area contributed by atoms with Crippen LogP contribution in [0.15, 0.2) is 48.8 Å². The molecule has 0 bridgehead atoms. The first-order valence-corrected chi connectivity index (χ1v) is 11.8. The summed E-state index contributed by atoms with van der Waals surface area (Å²) in [5.74, 6) is -4.72. The number of pyridine rings is 1. The van der Waals surface area contributed by atoms with Crippen LogP contribution in [0.4, 0.5) is 14.5 Å². The fourth-order valence-corrected chi connectivity index (χ4v) is 4.85. The van der Waals surface area contributed by atoms with Gasteiger partial charge in [0.1, 0.15) is 11.7 Å². The number of carbonyl (C=O) groups is 2. The predicted molar refractivity (Wildman–Crippen MR) is 130 cm³/mol. The number of rotatable bonds is 6. The summed E-state index contributed by atoms with van der Waals surface area (Å²) in [7, 11) is 1.59. The van der Waals surface area contributed by atoms with Crippen molar-refractivity contribution < 1.29 is 23.1 Å². The van der Waals surface area contributed by atoms with Crippen LogP contribution in [0, 0.1) is 25.0 Å². The summed E-state index contributed by atoms with van der Waals surface area (Å²) >= 11 is 0. The van der Waals surface area contributed by atoms with Gasteiger partial charge in [-0.15, -0.1) is 0 Å². The van der Waals surface area contributed by atoms with E-state index in [1.165, 1.54) is 23.1 Å². The molecule has 0 saturated heterocycles. The number of aryl methyl sites for hydroxylation is 2. The minimum absolute atomic E-state index is 0.226. The first kappa shape index (κ1) is 25.3. The van der Waals surface area contributed by atoms with E-state index in [0.717, 1.165) is 21.4 Å². The first-order valence-electron chi connectivity index (χ1n) is 11.8. The van der Waals surface area contributed by atoms with Crippen molar-refractivity contribution in [1.29, 1.82) is 0 Å². The van der Waals surface area contributed by atoms with Crippen molar-refractivity contribution in [2.24, 2.45) is 13.0 Å². The van der Waals surface area contributed by atoms with Crippen molar-refractivity contribution in [1.82, 2.24) is 15.1 Å². The maximum Gasteiger partial charge on any atom is 0.270 e. The van der Waals surface area contributed by atoms with Crippen LogP contribution in [0.25, 0.3) is 11.1 Å². The molecule has 2 heterocycles. The third-order valence-electron chi connectivity index (χ3n) is 6.76. The third kappa shape index (κ3) is 5.37. The topological polar surface area (TPSA) is 103 Å². The molecule has 2 unspecified atom stereocenters. The van der Waals surface area contributed by atoms with Gasteiger partial charge >= 0.3 is 0 Å². The molecule has 2 atom stereocenters. The number of nitrogens with one attached hydrogen (secondary N) is 2. The Morgan fingerprint density at radius 3 is 2.56 bits per heavy atom. The summed E-state index contributed by atoms with van der Waals surface area (Å²) < 4.78 is 30.6. The second-order valence-corrected chi connectivity index (χ2v) is 9.36. The average molecular weight is 498 g/mol. The number of alkyl halides is 2. The second-order valence-electron chi connectivity index (χ2n) is 9.36. The maximum absolute atomic E-state index is 14.2. The summed E-state index contributed by atoms with van der Waals surface area (Å²) in [6.07, 6.45) is 2.88. The van der Waals surface area contributed by atoms with Crippen LogP contribution < -0.4 is 15.4 Å². The average Bonchev–Trinajstić information content (AvgIpc) is 3.26. The highest BCUT2D eigenvalue weighted by Gasteiger charge is 2.42. The smallest absolute Gasteiger partial charge is 0.270 e. The molecule has 3 aromatic rings. The van der Waals surface area contributed by atoms with Gasteiger partial charge in [0, 0.05) is 44.8 Å². The number of benzene rings is 1. The standard InChI is InChI=1S/C26H29F2N5O3/c1-16-11-14-33(36)17(2)22(16)18-6-8-20(9-7-18)30-25(35)23(19-5-4-12-26(27,28)15-19)31-24(34)21-10-13-29-32(21)3/h6-11,13-14,19,23H,4-5,12,15H2,1-3H3,(H,30,35)(H,31,34). The number of amides is 2. The van der Waals surface area contributed by atoms with Gasteiger partial charge < -0.3 is 15.8 Å². The van der Waals surface area contributed by atoms with Gasteiger partial charge in [-0.1, -0.05) is 12.1 Å². The van der Waals surface area contributed by atoms with Gasteiger partial charge in [-0.3, -0.25) is 14.3 Å². The molecule has 1 aliphatic carbocycles. The quantitative estimate of drug-likeness (QED) is 0.398. The normalized spacial score (nSPS) is 17.9. The zero-order chi connectivity index (χ0) is 26.0. The number of nitrogens with zero attached hydrogens (tertiary/aromatic N) is 3. The van der Waals surface area contributed by atoms with Crippen molar-refractivity contribution in [3.8, 4) is 11.1 Å². The minimum atomic E-state index is -2.88. The van der Waals surface area contributed by atoms with Crippen LogP contribution in [0.5, 0.6) is 0 Å². The fraction of sp³-hybridized carbons (Fsp3) is 0.385. The third-order valence-corrected chi connectivity index (χ3v) is 6.76. The molecule has 10 heteroatoms. The lowest BCUT2D eigenvalue weighted by Gasteiger charge is -2.34. The predicted octanol–water partition coefficient (Wildman–Crippen LogP) is 3.90. The number of anilines is 1. The summed E-state index contributed by atoms with van der Waals surface area (Å²) in [6.45, 7) is 3.65. The van der Waals surface area contributed by atoms with E-state index in [9.17, 15) is 23.6 Å².